The first-order chi connectivity index (χ1) is 7.10. The molecular weight excluding hydrogens is 188 g/mol. The molecular formula is C12H18N2O. The van der Waals surface area contributed by atoms with E-state index in [2.05, 4.69) is 5.32 Å². The van der Waals surface area contributed by atoms with Crippen molar-refractivity contribution in [3.8, 4) is 0 Å². The molecule has 0 aliphatic rings. The fourth-order valence-corrected chi connectivity index (χ4v) is 1.91. The van der Waals surface area contributed by atoms with Gasteiger partial charge in [0.2, 0.25) is 0 Å². The molecule has 0 spiro atoms. The summed E-state index contributed by atoms with van der Waals surface area (Å²) in [6, 6.07) is 4.03. The second kappa shape index (κ2) is 5.05. The molecule has 0 aliphatic carbocycles. The third kappa shape index (κ3) is 2.64. The summed E-state index contributed by atoms with van der Waals surface area (Å²) in [6.07, 6.45) is 0. The van der Waals surface area contributed by atoms with Crippen LogP contribution in [0.5, 0.6) is 0 Å². The maximum absolute atomic E-state index is 11.4. The molecule has 1 rings (SSSR count). The molecule has 0 radical (unpaired) electrons. The van der Waals surface area contributed by atoms with E-state index in [0.717, 1.165) is 23.2 Å². The normalized spacial score (nSPS) is 10.4. The van der Waals surface area contributed by atoms with Crippen molar-refractivity contribution in [1.29, 1.82) is 0 Å². The van der Waals surface area contributed by atoms with Crippen molar-refractivity contribution in [3.05, 3.63) is 34.4 Å². The lowest BCUT2D eigenvalue weighted by Crippen LogP contribution is -2.11. The van der Waals surface area contributed by atoms with Gasteiger partial charge in [-0.05, 0) is 37.6 Å². The molecule has 1 aromatic rings. The van der Waals surface area contributed by atoms with Crippen molar-refractivity contribution < 1.29 is 4.79 Å². The zero-order valence-corrected chi connectivity index (χ0v) is 9.55. The third-order valence-electron chi connectivity index (χ3n) is 2.43. The lowest BCUT2D eigenvalue weighted by atomic mass is 9.96. The SMILES string of the molecule is CNCc1cc(C)c(C(C)=O)c(CN)c1. The van der Waals surface area contributed by atoms with Gasteiger partial charge in [0.25, 0.3) is 0 Å². The molecule has 0 amide bonds. The van der Waals surface area contributed by atoms with Gasteiger partial charge in [-0.25, -0.2) is 0 Å². The summed E-state index contributed by atoms with van der Waals surface area (Å²) in [5.74, 6) is 0.0870. The van der Waals surface area contributed by atoms with E-state index in [1.54, 1.807) is 6.92 Å². The number of Topliss-reactive ketones (excluding diaryl/α,β-unsaturated/α-hetero) is 1. The summed E-state index contributed by atoms with van der Waals surface area (Å²) in [5, 5.41) is 3.09. The van der Waals surface area contributed by atoms with Crippen LogP contribution in [0, 0.1) is 6.92 Å². The van der Waals surface area contributed by atoms with Gasteiger partial charge < -0.3 is 11.1 Å². The molecule has 0 atom stereocenters. The molecule has 0 saturated carbocycles. The van der Waals surface area contributed by atoms with Crippen LogP contribution in [-0.4, -0.2) is 12.8 Å². The first-order valence-corrected chi connectivity index (χ1v) is 5.08. The standard InChI is InChI=1S/C12H18N2O/c1-8-4-10(7-14-3)5-11(6-13)12(8)9(2)15/h4-5,14H,6-7,13H2,1-3H3. The number of hydrogen-bond acceptors (Lipinski definition) is 3. The molecule has 3 nitrogen and oxygen atoms in total. The first kappa shape index (κ1) is 11.9. The summed E-state index contributed by atoms with van der Waals surface area (Å²) in [7, 11) is 1.90. The van der Waals surface area contributed by atoms with E-state index in [4.69, 9.17) is 5.73 Å². The summed E-state index contributed by atoms with van der Waals surface area (Å²) in [6.45, 7) is 4.74. The van der Waals surface area contributed by atoms with Crippen LogP contribution >= 0.6 is 0 Å². The molecule has 0 aromatic heterocycles. The molecule has 0 aliphatic heterocycles. The molecule has 0 heterocycles. The lowest BCUT2D eigenvalue weighted by molar-refractivity contribution is 0.101. The maximum atomic E-state index is 11.4. The number of benzene rings is 1. The van der Waals surface area contributed by atoms with Crippen LogP contribution in [0.15, 0.2) is 12.1 Å². The Bertz CT molecular complexity index is 372. The molecule has 15 heavy (non-hydrogen) atoms. The largest absolute Gasteiger partial charge is 0.326 e. The van der Waals surface area contributed by atoms with Crippen LogP contribution in [0.4, 0.5) is 0 Å². The van der Waals surface area contributed by atoms with Gasteiger partial charge in [-0.15, -0.1) is 0 Å². The van der Waals surface area contributed by atoms with E-state index < -0.39 is 0 Å². The summed E-state index contributed by atoms with van der Waals surface area (Å²) < 4.78 is 0. The van der Waals surface area contributed by atoms with Gasteiger partial charge in [-0.3, -0.25) is 4.79 Å². The molecule has 3 heteroatoms. The second-order valence-corrected chi connectivity index (χ2v) is 3.74. The highest BCUT2D eigenvalue weighted by Crippen LogP contribution is 2.17. The molecule has 3 N–H and O–H groups in total. The smallest absolute Gasteiger partial charge is 0.160 e. The van der Waals surface area contributed by atoms with E-state index >= 15 is 0 Å². The Kier molecular flexibility index (Phi) is 4.00. The molecule has 1 aromatic carbocycles. The minimum atomic E-state index is 0.0870. The highest BCUT2D eigenvalue weighted by Gasteiger charge is 2.10. The topological polar surface area (TPSA) is 55.1 Å². The Morgan fingerprint density at radius 1 is 1.47 bits per heavy atom. The quantitative estimate of drug-likeness (QED) is 0.732. The number of ketones is 1. The van der Waals surface area contributed by atoms with Crippen molar-refractivity contribution in [3.63, 3.8) is 0 Å². The molecule has 0 unspecified atom stereocenters. The highest BCUT2D eigenvalue weighted by molar-refractivity contribution is 5.97. The number of hydrogen-bond donors (Lipinski definition) is 2. The van der Waals surface area contributed by atoms with Crippen LogP contribution in [0.2, 0.25) is 0 Å². The minimum Gasteiger partial charge on any atom is -0.326 e. The summed E-state index contributed by atoms with van der Waals surface area (Å²) >= 11 is 0. The van der Waals surface area contributed by atoms with Crippen LogP contribution in [-0.2, 0) is 13.1 Å². The van der Waals surface area contributed by atoms with Gasteiger partial charge in [-0.2, -0.15) is 0 Å². The van der Waals surface area contributed by atoms with Gasteiger partial charge in [-0.1, -0.05) is 12.1 Å². The van der Waals surface area contributed by atoms with Crippen molar-refractivity contribution in [2.75, 3.05) is 7.05 Å². The molecule has 82 valence electrons. The van der Waals surface area contributed by atoms with Gasteiger partial charge in [0.15, 0.2) is 5.78 Å². The number of rotatable bonds is 4. The summed E-state index contributed by atoms with van der Waals surface area (Å²) in [4.78, 5) is 11.4. The van der Waals surface area contributed by atoms with Crippen molar-refractivity contribution in [2.45, 2.75) is 26.9 Å². The Labute approximate surface area is 90.7 Å². The van der Waals surface area contributed by atoms with Crippen molar-refractivity contribution in [1.82, 2.24) is 5.32 Å². The number of nitrogens with two attached hydrogens (primary N) is 1. The first-order valence-electron chi connectivity index (χ1n) is 5.08. The number of nitrogens with one attached hydrogen (secondary N) is 1. The van der Waals surface area contributed by atoms with Gasteiger partial charge in [0, 0.05) is 18.7 Å². The number of aryl methyl sites for hydroxylation is 1. The zero-order valence-electron chi connectivity index (χ0n) is 9.55. The fraction of sp³-hybridized carbons (Fsp3) is 0.417. The Morgan fingerprint density at radius 2 is 2.13 bits per heavy atom. The second-order valence-electron chi connectivity index (χ2n) is 3.74. The van der Waals surface area contributed by atoms with Crippen molar-refractivity contribution >= 4 is 5.78 Å². The van der Waals surface area contributed by atoms with Crippen LogP contribution in [0.3, 0.4) is 0 Å². The highest BCUT2D eigenvalue weighted by atomic mass is 16.1. The molecule has 0 saturated heterocycles. The van der Waals surface area contributed by atoms with E-state index in [1.807, 2.05) is 26.1 Å². The van der Waals surface area contributed by atoms with Gasteiger partial charge in [0.1, 0.15) is 0 Å². The fourth-order valence-electron chi connectivity index (χ4n) is 1.91. The number of carbonyl (C=O) groups is 1. The zero-order chi connectivity index (χ0) is 11.4. The van der Waals surface area contributed by atoms with Gasteiger partial charge in [0.05, 0.1) is 0 Å². The van der Waals surface area contributed by atoms with E-state index in [1.165, 1.54) is 5.56 Å². The average molecular weight is 206 g/mol. The van der Waals surface area contributed by atoms with Crippen LogP contribution < -0.4 is 11.1 Å². The predicted octanol–water partition coefficient (Wildman–Crippen LogP) is 1.38. The Balaban J connectivity index is 3.24. The van der Waals surface area contributed by atoms with Gasteiger partial charge >= 0.3 is 0 Å². The number of carbonyl (C=O) groups excluding carboxylic acids is 1. The molecule has 0 fully saturated rings. The predicted molar refractivity (Wildman–Crippen MR) is 61.8 cm³/mol. The maximum Gasteiger partial charge on any atom is 0.160 e. The minimum absolute atomic E-state index is 0.0870. The Hall–Kier alpha value is -1.19. The molecule has 0 bridgehead atoms. The summed E-state index contributed by atoms with van der Waals surface area (Å²) in [5.41, 5.74) is 9.54. The third-order valence-corrected chi connectivity index (χ3v) is 2.43. The lowest BCUT2D eigenvalue weighted by Gasteiger charge is -2.11. The average Bonchev–Trinajstić information content (AvgIpc) is 2.16. The monoisotopic (exact) mass is 206 g/mol. The van der Waals surface area contributed by atoms with E-state index in [9.17, 15) is 4.79 Å². The van der Waals surface area contributed by atoms with E-state index in [0.29, 0.717) is 6.54 Å². The van der Waals surface area contributed by atoms with Crippen LogP contribution in [0.1, 0.15) is 34.0 Å². The van der Waals surface area contributed by atoms with Crippen molar-refractivity contribution in [2.24, 2.45) is 5.73 Å². The Morgan fingerprint density at radius 3 is 2.60 bits per heavy atom. The van der Waals surface area contributed by atoms with E-state index in [-0.39, 0.29) is 5.78 Å². The van der Waals surface area contributed by atoms with Crippen LogP contribution in [0.25, 0.3) is 0 Å².